The SMILES string of the molecule is CCOCC(C)OCC(C)OC(=O)CCCCCCCN(N(C=O)CCCCCCOC#N)N(C=O)CCCCCCOC#N. The van der Waals surface area contributed by atoms with Crippen molar-refractivity contribution in [2.75, 3.05) is 52.7 Å². The summed E-state index contributed by atoms with van der Waals surface area (Å²) in [5.41, 5.74) is 0. The predicted octanol–water partition coefficient (Wildman–Crippen LogP) is 4.87. The van der Waals surface area contributed by atoms with Crippen LogP contribution in [0.2, 0.25) is 0 Å². The summed E-state index contributed by atoms with van der Waals surface area (Å²) >= 11 is 0. The van der Waals surface area contributed by atoms with Gasteiger partial charge in [-0.2, -0.15) is 10.5 Å². The van der Waals surface area contributed by atoms with Crippen molar-refractivity contribution in [3.05, 3.63) is 0 Å². The van der Waals surface area contributed by atoms with Crippen LogP contribution in [0.25, 0.3) is 0 Å². The lowest BCUT2D eigenvalue weighted by molar-refractivity contribution is -0.186. The Labute approximate surface area is 270 Å². The standard InChI is InChI=1S/C32H57N5O8/c1-4-41-24-30(2)44-25-31(3)45-32(40)18-12-6-5-7-15-21-37(35(28-38)19-13-8-10-16-22-42-26-33)36(29-39)20-14-9-11-17-23-43-27-34/h28-31H,4-25H2,1-3H3. The van der Waals surface area contributed by atoms with E-state index in [1.807, 2.05) is 20.8 Å². The minimum Gasteiger partial charge on any atom is -0.460 e. The van der Waals surface area contributed by atoms with Crippen molar-refractivity contribution in [3.63, 3.8) is 0 Å². The number of esters is 1. The van der Waals surface area contributed by atoms with Gasteiger partial charge in [-0.15, -0.1) is 5.12 Å². The molecule has 13 nitrogen and oxygen atoms in total. The van der Waals surface area contributed by atoms with Crippen molar-refractivity contribution < 1.29 is 38.1 Å². The van der Waals surface area contributed by atoms with E-state index in [1.54, 1.807) is 27.6 Å². The highest BCUT2D eigenvalue weighted by atomic mass is 16.6. The number of nitrogens with zero attached hydrogens (tertiary/aromatic N) is 5. The fraction of sp³-hybridized carbons (Fsp3) is 0.844. The lowest BCUT2D eigenvalue weighted by atomic mass is 10.1. The van der Waals surface area contributed by atoms with Gasteiger partial charge in [0.1, 0.15) is 19.3 Å². The maximum Gasteiger partial charge on any atom is 0.306 e. The van der Waals surface area contributed by atoms with Crippen LogP contribution in [0.15, 0.2) is 0 Å². The summed E-state index contributed by atoms with van der Waals surface area (Å²) in [5.74, 6) is -0.229. The molecule has 0 bridgehead atoms. The first kappa shape index (κ1) is 41.9. The van der Waals surface area contributed by atoms with E-state index in [0.29, 0.717) is 59.1 Å². The molecule has 0 heterocycles. The van der Waals surface area contributed by atoms with Crippen molar-refractivity contribution >= 4 is 18.8 Å². The van der Waals surface area contributed by atoms with Gasteiger partial charge >= 0.3 is 5.97 Å². The molecule has 0 fully saturated rings. The lowest BCUT2D eigenvalue weighted by Crippen LogP contribution is -2.53. The van der Waals surface area contributed by atoms with Crippen LogP contribution in [0.1, 0.15) is 111 Å². The molecule has 0 aliphatic carbocycles. The molecule has 45 heavy (non-hydrogen) atoms. The molecule has 0 N–H and O–H groups in total. The molecule has 0 saturated heterocycles. The van der Waals surface area contributed by atoms with E-state index in [4.69, 9.17) is 34.2 Å². The average Bonchev–Trinajstić information content (AvgIpc) is 3.04. The highest BCUT2D eigenvalue weighted by Gasteiger charge is 2.20. The molecule has 13 heteroatoms. The van der Waals surface area contributed by atoms with Gasteiger partial charge in [0, 0.05) is 32.7 Å². The molecule has 2 amide bonds. The fourth-order valence-corrected chi connectivity index (χ4v) is 4.55. The monoisotopic (exact) mass is 639 g/mol. The van der Waals surface area contributed by atoms with E-state index in [9.17, 15) is 14.4 Å². The van der Waals surface area contributed by atoms with Gasteiger partial charge in [0.05, 0.1) is 19.3 Å². The molecule has 258 valence electrons. The van der Waals surface area contributed by atoms with Crippen LogP contribution in [-0.2, 0) is 38.1 Å². The number of hydrogen-bond donors (Lipinski definition) is 0. The zero-order valence-electron chi connectivity index (χ0n) is 27.9. The zero-order valence-corrected chi connectivity index (χ0v) is 27.9. The van der Waals surface area contributed by atoms with Gasteiger partial charge in [0.25, 0.3) is 12.5 Å². The largest absolute Gasteiger partial charge is 0.460 e. The summed E-state index contributed by atoms with van der Waals surface area (Å²) < 4.78 is 25.8. The van der Waals surface area contributed by atoms with Crippen LogP contribution < -0.4 is 0 Å². The molecule has 0 aliphatic rings. The summed E-state index contributed by atoms with van der Waals surface area (Å²) in [5, 5.41) is 21.8. The second-order valence-corrected chi connectivity index (χ2v) is 11.0. The van der Waals surface area contributed by atoms with Crippen molar-refractivity contribution in [1.82, 2.24) is 15.1 Å². The second kappa shape index (κ2) is 30.9. The number of unbranched alkanes of at least 4 members (excludes halogenated alkanes) is 10. The smallest absolute Gasteiger partial charge is 0.306 e. The predicted molar refractivity (Wildman–Crippen MR) is 167 cm³/mol. The van der Waals surface area contributed by atoms with Gasteiger partial charge in [0.15, 0.2) is 0 Å². The molecule has 2 atom stereocenters. The number of hydrogen-bond acceptors (Lipinski definition) is 11. The first-order valence-electron chi connectivity index (χ1n) is 16.5. The van der Waals surface area contributed by atoms with Crippen molar-refractivity contribution in [2.45, 2.75) is 123 Å². The van der Waals surface area contributed by atoms with Gasteiger partial charge in [-0.05, 0) is 72.1 Å². The van der Waals surface area contributed by atoms with Gasteiger partial charge < -0.3 is 23.7 Å². The third-order valence-corrected chi connectivity index (χ3v) is 6.98. The molecular weight excluding hydrogens is 582 g/mol. The normalized spacial score (nSPS) is 12.0. The van der Waals surface area contributed by atoms with Crippen LogP contribution in [0.3, 0.4) is 0 Å². The van der Waals surface area contributed by atoms with E-state index < -0.39 is 0 Å². The van der Waals surface area contributed by atoms with Gasteiger partial charge in [-0.1, -0.05) is 32.1 Å². The number of nitriles is 2. The van der Waals surface area contributed by atoms with Crippen molar-refractivity contribution in [3.8, 4) is 12.5 Å². The first-order valence-corrected chi connectivity index (χ1v) is 16.5. The van der Waals surface area contributed by atoms with Crippen molar-refractivity contribution in [2.24, 2.45) is 0 Å². The second-order valence-electron chi connectivity index (χ2n) is 11.0. The van der Waals surface area contributed by atoms with Gasteiger partial charge in [0.2, 0.25) is 12.8 Å². The number of carbonyl (C=O) groups excluding carboxylic acids is 3. The summed E-state index contributed by atoms with van der Waals surface area (Å²) in [6, 6.07) is 0. The van der Waals surface area contributed by atoms with E-state index in [0.717, 1.165) is 96.3 Å². The van der Waals surface area contributed by atoms with Crippen LogP contribution >= 0.6 is 0 Å². The van der Waals surface area contributed by atoms with E-state index >= 15 is 0 Å². The molecule has 0 radical (unpaired) electrons. The highest BCUT2D eigenvalue weighted by Crippen LogP contribution is 2.13. The quantitative estimate of drug-likeness (QED) is 0.0318. The third kappa shape index (κ3) is 24.8. The topological polar surface area (TPSA) is 155 Å². The maximum atomic E-state index is 12.2. The Bertz CT molecular complexity index is 782. The molecule has 0 rings (SSSR count). The number of ether oxygens (including phenoxy) is 5. The molecule has 0 aromatic heterocycles. The molecule has 0 aliphatic heterocycles. The van der Waals surface area contributed by atoms with Crippen LogP contribution in [0, 0.1) is 23.0 Å². The molecule has 0 aromatic carbocycles. The Morgan fingerprint density at radius 1 is 0.689 bits per heavy atom. The number of amides is 2. The maximum absolute atomic E-state index is 12.2. The summed E-state index contributed by atoms with van der Waals surface area (Å²) in [7, 11) is 0. The fourth-order valence-electron chi connectivity index (χ4n) is 4.55. The average molecular weight is 640 g/mol. The summed E-state index contributed by atoms with van der Waals surface area (Å²) in [6.45, 7) is 9.43. The van der Waals surface area contributed by atoms with Crippen molar-refractivity contribution in [1.29, 1.82) is 10.5 Å². The third-order valence-electron chi connectivity index (χ3n) is 6.98. The minimum absolute atomic E-state index is 0.0538. The Morgan fingerprint density at radius 3 is 1.69 bits per heavy atom. The van der Waals surface area contributed by atoms with Gasteiger partial charge in [-0.25, -0.2) is 0 Å². The van der Waals surface area contributed by atoms with Crippen LogP contribution in [-0.4, -0.2) is 98.8 Å². The lowest BCUT2D eigenvalue weighted by Gasteiger charge is -2.38. The Kier molecular flexibility index (Phi) is 28.7. The Morgan fingerprint density at radius 2 is 1.18 bits per heavy atom. The summed E-state index contributed by atoms with van der Waals surface area (Å²) in [4.78, 5) is 36.3. The van der Waals surface area contributed by atoms with Crippen LogP contribution in [0.4, 0.5) is 0 Å². The van der Waals surface area contributed by atoms with E-state index in [1.165, 1.54) is 0 Å². The molecule has 0 aromatic rings. The van der Waals surface area contributed by atoms with E-state index in [2.05, 4.69) is 0 Å². The Hall–Kier alpha value is -3.13. The molecular formula is C32H57N5O8. The van der Waals surface area contributed by atoms with Crippen LogP contribution in [0.5, 0.6) is 0 Å². The van der Waals surface area contributed by atoms with E-state index in [-0.39, 0.29) is 18.2 Å². The molecule has 0 spiro atoms. The Balaban J connectivity index is 4.60. The first-order chi connectivity index (χ1) is 21.9. The van der Waals surface area contributed by atoms with Gasteiger partial charge in [-0.3, -0.25) is 24.4 Å². The molecule has 2 unspecified atom stereocenters. The minimum atomic E-state index is -0.316. The molecule has 0 saturated carbocycles. The summed E-state index contributed by atoms with van der Waals surface area (Å²) in [6.07, 6.45) is 15.7. The highest BCUT2D eigenvalue weighted by molar-refractivity contribution is 5.69. The number of hydrazine groups is 2. The number of carbonyl (C=O) groups is 3. The zero-order chi connectivity index (χ0) is 33.4. The number of rotatable bonds is 33.